The molecule has 0 fully saturated rings. The molecule has 0 aliphatic carbocycles. The van der Waals surface area contributed by atoms with E-state index < -0.39 is 5.97 Å². The molecule has 2 aromatic heterocycles. The van der Waals surface area contributed by atoms with E-state index >= 15 is 0 Å². The number of carboxylic acids is 1. The van der Waals surface area contributed by atoms with Gasteiger partial charge in [-0.25, -0.2) is 9.50 Å². The van der Waals surface area contributed by atoms with Gasteiger partial charge in [0.15, 0.2) is 5.65 Å². The molecule has 0 unspecified atom stereocenters. The molecule has 0 spiro atoms. The van der Waals surface area contributed by atoms with Crippen molar-refractivity contribution in [3.63, 3.8) is 0 Å². The number of nitrogens with one attached hydrogen (secondary N) is 1. The molecule has 96 valence electrons. The average Bonchev–Trinajstić information content (AvgIpc) is 2.59. The largest absolute Gasteiger partial charge is 0.481 e. The van der Waals surface area contributed by atoms with Crippen LogP contribution in [0.1, 0.15) is 32.2 Å². The summed E-state index contributed by atoms with van der Waals surface area (Å²) in [7, 11) is 0. The maximum atomic E-state index is 11.8. The number of aliphatic carboxylic acids is 1. The van der Waals surface area contributed by atoms with Gasteiger partial charge in [0.25, 0.3) is 5.56 Å². The van der Waals surface area contributed by atoms with Crippen LogP contribution in [0.25, 0.3) is 5.65 Å². The predicted octanol–water partition coefficient (Wildman–Crippen LogP) is 0.947. The van der Waals surface area contributed by atoms with Crippen LogP contribution in [-0.2, 0) is 16.6 Å². The van der Waals surface area contributed by atoms with Gasteiger partial charge in [0, 0.05) is 23.2 Å². The summed E-state index contributed by atoms with van der Waals surface area (Å²) in [5.41, 5.74) is 1.16. The lowest BCUT2D eigenvalue weighted by Crippen LogP contribution is -2.18. The number of carboxylic acid groups (broad SMARTS) is 1. The van der Waals surface area contributed by atoms with Gasteiger partial charge in [-0.2, -0.15) is 0 Å². The average molecular weight is 249 g/mol. The number of rotatable bonds is 2. The minimum absolute atomic E-state index is 0.132. The number of hydrogen-bond acceptors (Lipinski definition) is 3. The van der Waals surface area contributed by atoms with Gasteiger partial charge in [-0.1, -0.05) is 20.8 Å². The fraction of sp³-hybridized carbons (Fsp3) is 0.417. The molecular weight excluding hydrogens is 234 g/mol. The monoisotopic (exact) mass is 249 g/mol. The van der Waals surface area contributed by atoms with Crippen molar-refractivity contribution >= 4 is 11.6 Å². The maximum Gasteiger partial charge on any atom is 0.309 e. The fourth-order valence-corrected chi connectivity index (χ4v) is 1.67. The summed E-state index contributed by atoms with van der Waals surface area (Å²) in [5.74, 6) is -1.00. The molecule has 0 aliphatic rings. The molecule has 0 amide bonds. The second-order valence-corrected chi connectivity index (χ2v) is 5.27. The van der Waals surface area contributed by atoms with Gasteiger partial charge >= 0.3 is 5.97 Å². The van der Waals surface area contributed by atoms with Crippen LogP contribution in [0.15, 0.2) is 16.9 Å². The Hall–Kier alpha value is -2.11. The van der Waals surface area contributed by atoms with Crippen LogP contribution in [-0.4, -0.2) is 25.7 Å². The lowest BCUT2D eigenvalue weighted by molar-refractivity contribution is -0.136. The van der Waals surface area contributed by atoms with E-state index in [1.54, 1.807) is 6.07 Å². The van der Waals surface area contributed by atoms with E-state index in [-0.39, 0.29) is 23.1 Å². The molecule has 0 aliphatic heterocycles. The number of hydrogen-bond donors (Lipinski definition) is 2. The Labute approximate surface area is 103 Å². The highest BCUT2D eigenvalue weighted by molar-refractivity contribution is 5.69. The highest BCUT2D eigenvalue weighted by Gasteiger charge is 2.18. The van der Waals surface area contributed by atoms with E-state index in [0.717, 1.165) is 5.69 Å². The van der Waals surface area contributed by atoms with E-state index in [2.05, 4.69) is 10.1 Å². The van der Waals surface area contributed by atoms with Crippen LogP contribution < -0.4 is 5.56 Å². The smallest absolute Gasteiger partial charge is 0.309 e. The molecule has 2 aromatic rings. The number of carbonyl (C=O) groups is 1. The molecule has 0 saturated heterocycles. The summed E-state index contributed by atoms with van der Waals surface area (Å²) in [6.45, 7) is 6.04. The highest BCUT2D eigenvalue weighted by atomic mass is 16.4. The Morgan fingerprint density at radius 3 is 2.67 bits per heavy atom. The van der Waals surface area contributed by atoms with Gasteiger partial charge in [0.1, 0.15) is 0 Å². The molecule has 2 heterocycles. The van der Waals surface area contributed by atoms with Crippen LogP contribution >= 0.6 is 0 Å². The van der Waals surface area contributed by atoms with Crippen molar-refractivity contribution in [2.24, 2.45) is 0 Å². The molecular formula is C12H15N3O3. The normalized spacial score (nSPS) is 11.9. The molecule has 6 heteroatoms. The Kier molecular flexibility index (Phi) is 2.73. The summed E-state index contributed by atoms with van der Waals surface area (Å²) in [4.78, 5) is 26.6. The first-order valence-corrected chi connectivity index (χ1v) is 5.61. The van der Waals surface area contributed by atoms with Crippen molar-refractivity contribution < 1.29 is 9.90 Å². The molecule has 0 radical (unpaired) electrons. The van der Waals surface area contributed by atoms with Crippen molar-refractivity contribution in [1.82, 2.24) is 14.6 Å². The summed E-state index contributed by atoms with van der Waals surface area (Å²) in [6, 6.07) is 3.01. The zero-order valence-corrected chi connectivity index (χ0v) is 10.5. The van der Waals surface area contributed by atoms with E-state index in [1.807, 2.05) is 20.8 Å². The minimum Gasteiger partial charge on any atom is -0.481 e. The van der Waals surface area contributed by atoms with Gasteiger partial charge < -0.3 is 5.11 Å². The highest BCUT2D eigenvalue weighted by Crippen LogP contribution is 2.20. The second kappa shape index (κ2) is 3.97. The number of aromatic amines is 1. The van der Waals surface area contributed by atoms with Crippen molar-refractivity contribution in [3.05, 3.63) is 33.9 Å². The van der Waals surface area contributed by atoms with Crippen molar-refractivity contribution in [2.45, 2.75) is 32.6 Å². The number of aromatic nitrogens is 3. The fourth-order valence-electron chi connectivity index (χ4n) is 1.67. The molecule has 0 bridgehead atoms. The van der Waals surface area contributed by atoms with Crippen LogP contribution in [0.4, 0.5) is 0 Å². The van der Waals surface area contributed by atoms with Crippen molar-refractivity contribution in [2.75, 3.05) is 0 Å². The van der Waals surface area contributed by atoms with E-state index in [9.17, 15) is 9.59 Å². The quantitative estimate of drug-likeness (QED) is 0.829. The van der Waals surface area contributed by atoms with Crippen LogP contribution in [0.2, 0.25) is 0 Å². The van der Waals surface area contributed by atoms with Gasteiger partial charge in [-0.05, 0) is 0 Å². The van der Waals surface area contributed by atoms with E-state index in [0.29, 0.717) is 5.65 Å². The summed E-state index contributed by atoms with van der Waals surface area (Å²) < 4.78 is 1.33. The molecule has 0 atom stereocenters. The van der Waals surface area contributed by atoms with E-state index in [1.165, 1.54) is 10.6 Å². The zero-order valence-electron chi connectivity index (χ0n) is 10.5. The Morgan fingerprint density at radius 2 is 2.11 bits per heavy atom. The first-order valence-electron chi connectivity index (χ1n) is 5.61. The number of H-pyrrole nitrogens is 1. The van der Waals surface area contributed by atoms with Crippen LogP contribution in [0.5, 0.6) is 0 Å². The molecule has 2 rings (SSSR count). The van der Waals surface area contributed by atoms with Gasteiger partial charge in [-0.15, -0.1) is 0 Å². The number of nitrogens with zero attached hydrogens (tertiary/aromatic N) is 2. The summed E-state index contributed by atoms with van der Waals surface area (Å²) in [5, 5.41) is 11.7. The standard InChI is InChI=1S/C12H15N3O3/c1-12(2,3)8-6-9-13-7(5-11(17)18)4-10(16)15(9)14-8/h4,6,14H,5H2,1-3H3,(H,17,18). The SMILES string of the molecule is CC(C)(C)c1cc2nc(CC(=O)O)cc(=O)n2[nH]1. The molecule has 2 N–H and O–H groups in total. The molecule has 6 nitrogen and oxygen atoms in total. The number of fused-ring (bicyclic) bond motifs is 1. The van der Waals surface area contributed by atoms with Gasteiger partial charge in [0.05, 0.1) is 12.1 Å². The van der Waals surface area contributed by atoms with Crippen molar-refractivity contribution in [3.8, 4) is 0 Å². The Balaban J connectivity index is 2.59. The minimum atomic E-state index is -1.00. The third-order valence-electron chi connectivity index (χ3n) is 2.64. The molecule has 0 aromatic carbocycles. The lowest BCUT2D eigenvalue weighted by atomic mass is 9.93. The Morgan fingerprint density at radius 1 is 1.44 bits per heavy atom. The van der Waals surface area contributed by atoms with Crippen LogP contribution in [0.3, 0.4) is 0 Å². The first kappa shape index (κ1) is 12.3. The maximum absolute atomic E-state index is 11.8. The predicted molar refractivity (Wildman–Crippen MR) is 65.9 cm³/mol. The molecule has 18 heavy (non-hydrogen) atoms. The summed E-state index contributed by atoms with van der Waals surface area (Å²) >= 11 is 0. The first-order chi connectivity index (χ1) is 8.27. The van der Waals surface area contributed by atoms with Gasteiger partial charge in [-0.3, -0.25) is 14.7 Å². The molecule has 0 saturated carbocycles. The zero-order chi connectivity index (χ0) is 13.5. The van der Waals surface area contributed by atoms with Gasteiger partial charge in [0.2, 0.25) is 0 Å². The van der Waals surface area contributed by atoms with E-state index in [4.69, 9.17) is 5.11 Å². The third-order valence-corrected chi connectivity index (χ3v) is 2.64. The topological polar surface area (TPSA) is 87.5 Å². The Bertz CT molecular complexity index is 661. The van der Waals surface area contributed by atoms with Crippen LogP contribution in [0, 0.1) is 0 Å². The van der Waals surface area contributed by atoms with Crippen molar-refractivity contribution in [1.29, 1.82) is 0 Å². The summed E-state index contributed by atoms with van der Waals surface area (Å²) in [6.07, 6.45) is -0.248. The lowest BCUT2D eigenvalue weighted by Gasteiger charge is -2.14. The second-order valence-electron chi connectivity index (χ2n) is 5.27. The third kappa shape index (κ3) is 2.27.